The number of rotatable bonds is 0. The van der Waals surface area contributed by atoms with Crippen LogP contribution < -0.4 is 0 Å². The van der Waals surface area contributed by atoms with Crippen molar-refractivity contribution in [2.24, 2.45) is 0 Å². The minimum absolute atomic E-state index is 1.19. The van der Waals surface area contributed by atoms with Gasteiger partial charge < -0.3 is 0 Å². The third-order valence-electron chi connectivity index (χ3n) is 5.39. The highest BCUT2D eigenvalue weighted by molar-refractivity contribution is 6.03. The van der Waals surface area contributed by atoms with E-state index < -0.39 is 0 Å². The van der Waals surface area contributed by atoms with Gasteiger partial charge in [-0.05, 0) is 90.1 Å². The molecule has 0 N–H and O–H groups in total. The Morgan fingerprint density at radius 3 is 2.21 bits per heavy atom. The first kappa shape index (κ1) is 15.4. The molecular formula is C24H26. The van der Waals surface area contributed by atoms with Crippen LogP contribution in [-0.4, -0.2) is 0 Å². The molecule has 0 aromatic heterocycles. The maximum Gasteiger partial charge on any atom is -0.0143 e. The molecule has 0 aliphatic heterocycles. The van der Waals surface area contributed by atoms with Crippen molar-refractivity contribution in [3.8, 4) is 0 Å². The van der Waals surface area contributed by atoms with Gasteiger partial charge in [-0.15, -0.1) is 0 Å². The molecule has 0 spiro atoms. The second-order valence-corrected chi connectivity index (χ2v) is 7.05. The van der Waals surface area contributed by atoms with E-state index in [0.29, 0.717) is 0 Å². The Hall–Kier alpha value is -2.08. The van der Waals surface area contributed by atoms with Gasteiger partial charge >= 0.3 is 0 Å². The van der Waals surface area contributed by atoms with Crippen molar-refractivity contribution < 1.29 is 0 Å². The normalized spacial score (nSPS) is 17.8. The van der Waals surface area contributed by atoms with Crippen molar-refractivity contribution in [2.45, 2.75) is 51.4 Å². The summed E-state index contributed by atoms with van der Waals surface area (Å²) in [4.78, 5) is 0. The highest BCUT2D eigenvalue weighted by Gasteiger charge is 2.10. The molecule has 4 bridgehead atoms. The van der Waals surface area contributed by atoms with E-state index in [4.69, 9.17) is 0 Å². The summed E-state index contributed by atoms with van der Waals surface area (Å²) in [7, 11) is 0. The molecule has 1 aliphatic rings. The topological polar surface area (TPSA) is 0 Å². The molecule has 24 heavy (non-hydrogen) atoms. The zero-order chi connectivity index (χ0) is 16.2. The molecule has 0 atom stereocenters. The molecule has 0 unspecified atom stereocenters. The van der Waals surface area contributed by atoms with Crippen molar-refractivity contribution in [1.29, 1.82) is 0 Å². The first-order chi connectivity index (χ1) is 11.9. The summed E-state index contributed by atoms with van der Waals surface area (Å²) in [5.41, 5.74) is 3.09. The van der Waals surface area contributed by atoms with E-state index in [1.807, 2.05) is 0 Å². The van der Waals surface area contributed by atoms with Crippen LogP contribution in [0.25, 0.3) is 21.5 Å². The van der Waals surface area contributed by atoms with E-state index in [9.17, 15) is 0 Å². The third kappa shape index (κ3) is 3.11. The van der Waals surface area contributed by atoms with Crippen LogP contribution >= 0.6 is 0 Å². The quantitative estimate of drug-likeness (QED) is 0.310. The van der Waals surface area contributed by atoms with Crippen LogP contribution in [0.1, 0.15) is 49.7 Å². The van der Waals surface area contributed by atoms with E-state index >= 15 is 0 Å². The number of hydrogen-bond acceptors (Lipinski definition) is 0. The number of aryl methyl sites for hydroxylation is 2. The molecule has 3 aromatic rings. The molecule has 0 saturated carbocycles. The molecule has 3 aromatic carbocycles. The lowest BCUT2D eigenvalue weighted by molar-refractivity contribution is 0.734. The van der Waals surface area contributed by atoms with E-state index in [1.54, 1.807) is 5.56 Å². The van der Waals surface area contributed by atoms with Crippen molar-refractivity contribution >= 4 is 21.5 Å². The fraction of sp³-hybridized carbons (Fsp3) is 0.333. The van der Waals surface area contributed by atoms with Gasteiger partial charge in [-0.25, -0.2) is 0 Å². The molecule has 0 heterocycles. The van der Waals surface area contributed by atoms with Gasteiger partial charge in [0.15, 0.2) is 0 Å². The number of hydrogen-bond donors (Lipinski definition) is 0. The van der Waals surface area contributed by atoms with Gasteiger partial charge in [-0.1, -0.05) is 54.6 Å². The number of benzene rings is 3. The van der Waals surface area contributed by atoms with Crippen LogP contribution in [0.15, 0.2) is 60.7 Å². The maximum atomic E-state index is 2.43. The maximum absolute atomic E-state index is 2.43. The second kappa shape index (κ2) is 7.21. The van der Waals surface area contributed by atoms with Crippen molar-refractivity contribution in [3.63, 3.8) is 0 Å². The standard InChI is InChI=1S/C24H26/c1-2-4-6-8-16-22-21-15-10-9-13-20(21)18-24-19(12-7-5-3-1)14-11-17-23(22)24/h1-2,9-11,13-15,17-18H,3-8,12,16H2/b2-1-. The van der Waals surface area contributed by atoms with Gasteiger partial charge in [-0.2, -0.15) is 0 Å². The Balaban J connectivity index is 1.89. The van der Waals surface area contributed by atoms with E-state index in [2.05, 4.69) is 60.7 Å². The van der Waals surface area contributed by atoms with Crippen LogP contribution in [0, 0.1) is 0 Å². The Morgan fingerprint density at radius 2 is 1.33 bits per heavy atom. The Kier molecular flexibility index (Phi) is 4.64. The van der Waals surface area contributed by atoms with Gasteiger partial charge in [0.2, 0.25) is 0 Å². The fourth-order valence-electron chi connectivity index (χ4n) is 4.11. The third-order valence-corrected chi connectivity index (χ3v) is 5.39. The lowest BCUT2D eigenvalue weighted by atomic mass is 9.90. The number of allylic oxidation sites excluding steroid dienone is 2. The Morgan fingerprint density at radius 1 is 0.583 bits per heavy atom. The predicted octanol–water partition coefficient (Wildman–Crippen LogP) is 6.99. The molecule has 0 fully saturated rings. The van der Waals surface area contributed by atoms with Gasteiger partial charge in [-0.3, -0.25) is 0 Å². The molecule has 0 heteroatoms. The van der Waals surface area contributed by atoms with Crippen LogP contribution in [0.4, 0.5) is 0 Å². The summed E-state index contributed by atoms with van der Waals surface area (Å²) in [6.45, 7) is 0. The molecule has 0 amide bonds. The molecule has 0 radical (unpaired) electrons. The fourth-order valence-corrected chi connectivity index (χ4v) is 4.11. The zero-order valence-electron chi connectivity index (χ0n) is 14.4. The summed E-state index contributed by atoms with van der Waals surface area (Å²) in [6.07, 6.45) is 14.8. The smallest absolute Gasteiger partial charge is 0.0143 e. The SMILES string of the molecule is C1=C\CCCCc2c3ccccc3cc3c(cccc23)CCCC/1. The van der Waals surface area contributed by atoms with Crippen LogP contribution in [0.5, 0.6) is 0 Å². The lowest BCUT2D eigenvalue weighted by Crippen LogP contribution is -1.95. The van der Waals surface area contributed by atoms with Gasteiger partial charge in [0, 0.05) is 0 Å². The van der Waals surface area contributed by atoms with Gasteiger partial charge in [0.25, 0.3) is 0 Å². The largest absolute Gasteiger partial charge is 0.0885 e. The van der Waals surface area contributed by atoms with E-state index in [0.717, 1.165) is 0 Å². The molecule has 4 rings (SSSR count). The average Bonchev–Trinajstić information content (AvgIpc) is 2.62. The van der Waals surface area contributed by atoms with Crippen molar-refractivity contribution in [3.05, 3.63) is 71.8 Å². The zero-order valence-corrected chi connectivity index (χ0v) is 14.4. The molecule has 1 aliphatic carbocycles. The molecule has 122 valence electrons. The van der Waals surface area contributed by atoms with Gasteiger partial charge in [0.1, 0.15) is 0 Å². The van der Waals surface area contributed by atoms with Crippen molar-refractivity contribution in [2.75, 3.05) is 0 Å². The first-order valence-corrected chi connectivity index (χ1v) is 9.51. The molecule has 0 nitrogen and oxygen atoms in total. The summed E-state index contributed by atoms with van der Waals surface area (Å²) in [5.74, 6) is 0. The van der Waals surface area contributed by atoms with Gasteiger partial charge in [0.05, 0.1) is 0 Å². The Labute approximate surface area is 145 Å². The van der Waals surface area contributed by atoms with Crippen LogP contribution in [0.3, 0.4) is 0 Å². The summed E-state index contributed by atoms with van der Waals surface area (Å²) in [6, 6.07) is 18.3. The number of fused-ring (bicyclic) bond motifs is 2. The summed E-state index contributed by atoms with van der Waals surface area (Å²) < 4.78 is 0. The van der Waals surface area contributed by atoms with Crippen LogP contribution in [0.2, 0.25) is 0 Å². The van der Waals surface area contributed by atoms with E-state index in [1.165, 1.54) is 78.5 Å². The highest BCUT2D eigenvalue weighted by Crippen LogP contribution is 2.32. The van der Waals surface area contributed by atoms with Crippen molar-refractivity contribution in [1.82, 2.24) is 0 Å². The van der Waals surface area contributed by atoms with Crippen LogP contribution in [-0.2, 0) is 12.8 Å². The molecule has 0 saturated heterocycles. The summed E-state index contributed by atoms with van der Waals surface area (Å²) in [5, 5.41) is 5.82. The lowest BCUT2D eigenvalue weighted by Gasteiger charge is -2.15. The monoisotopic (exact) mass is 314 g/mol. The average molecular weight is 314 g/mol. The Bertz CT molecular complexity index is 870. The minimum Gasteiger partial charge on any atom is -0.0885 e. The second-order valence-electron chi connectivity index (χ2n) is 7.05. The summed E-state index contributed by atoms with van der Waals surface area (Å²) >= 11 is 0. The van der Waals surface area contributed by atoms with E-state index in [-0.39, 0.29) is 0 Å². The minimum atomic E-state index is 1.19. The molecular weight excluding hydrogens is 288 g/mol. The highest BCUT2D eigenvalue weighted by atomic mass is 14.1. The predicted molar refractivity (Wildman–Crippen MR) is 106 cm³/mol. The first-order valence-electron chi connectivity index (χ1n) is 9.51.